The van der Waals surface area contributed by atoms with Gasteiger partial charge in [-0.15, -0.1) is 0 Å². The Balaban J connectivity index is 1.78. The second-order valence-corrected chi connectivity index (χ2v) is 17.5. The minimum absolute atomic E-state index is 0.00239. The van der Waals surface area contributed by atoms with Gasteiger partial charge in [0.05, 0.1) is 25.2 Å². The second-order valence-electron chi connectivity index (χ2n) is 16.2. The van der Waals surface area contributed by atoms with Gasteiger partial charge in [-0.1, -0.05) is 40.5 Å². The number of unbranched alkanes of at least 4 members (excludes halogenated alkanes) is 2. The number of hydroxylamine groups is 1. The lowest BCUT2D eigenvalue weighted by Gasteiger charge is -2.28. The first kappa shape index (κ1) is 52.9. The Bertz CT molecular complexity index is 1590. The zero-order valence-electron chi connectivity index (χ0n) is 36.1. The molecule has 350 valence electrons. The summed E-state index contributed by atoms with van der Waals surface area (Å²) >= 11 is 1.83. The highest BCUT2D eigenvalue weighted by atomic mass is 32.2. The molecule has 8 atom stereocenters. The van der Waals surface area contributed by atoms with Crippen LogP contribution < -0.4 is 59.5 Å². The molecule has 0 aromatic rings. The van der Waals surface area contributed by atoms with E-state index >= 15 is 0 Å². The summed E-state index contributed by atoms with van der Waals surface area (Å²) in [6.45, 7) is 6.34. The van der Waals surface area contributed by atoms with Crippen LogP contribution in [0.15, 0.2) is 0 Å². The molecule has 11 amide bonds. The van der Waals surface area contributed by atoms with Crippen molar-refractivity contribution in [2.45, 2.75) is 140 Å². The summed E-state index contributed by atoms with van der Waals surface area (Å²) in [6, 6.07) is -3.39. The predicted molar refractivity (Wildman–Crippen MR) is 227 cm³/mol. The summed E-state index contributed by atoms with van der Waals surface area (Å²) in [6.07, 6.45) is 3.85. The molecule has 23 heteroatoms. The van der Waals surface area contributed by atoms with Crippen LogP contribution in [0.25, 0.3) is 0 Å². The number of primary amides is 2. The second kappa shape index (κ2) is 27.7. The van der Waals surface area contributed by atoms with Crippen LogP contribution in [-0.4, -0.2) is 125 Å². The van der Waals surface area contributed by atoms with Crippen LogP contribution in [0.3, 0.4) is 0 Å². The lowest BCUT2D eigenvalue weighted by molar-refractivity contribution is -0.137. The van der Waals surface area contributed by atoms with Crippen molar-refractivity contribution in [3.8, 4) is 0 Å². The van der Waals surface area contributed by atoms with Gasteiger partial charge in [-0.2, -0.15) is 11.8 Å². The predicted octanol–water partition coefficient (Wildman–Crippen LogP) is -1.96. The molecule has 2 aliphatic heterocycles. The standard InChI is InChI=1S/C39H67N11O11S/c1-5-22(4)33(48-36(57)23(16-21(2)3)17-30(53)50-61)38(59)46-25(13-14-28(40)51)37(58)44-18-31(54)43-19-32(55)45-24(35(41)56)10-8-9-15-42-29(52)12-7-6-11-27-34-26(20-62-27)47-39(60)49-34/h21-27,33-34,61H,5-20H2,1-4H3,(H2,40,51)(H2,41,56)(H,42,52)(H,43,54)(H,44,58)(H,45,55)(H,46,59)(H,48,57)(H,50,53)(H2,47,49,60)/t22-,23?,24-,25-,26-,27-,33-,34-/m0/s1. The Hall–Kier alpha value is -5.19. The van der Waals surface area contributed by atoms with E-state index in [2.05, 4.69) is 42.5 Å². The average Bonchev–Trinajstić information content (AvgIpc) is 3.78. The SMILES string of the molecule is CC[C@H](C)[C@H](NC(=O)C(CC(=O)NO)CC(C)C)C(=O)N[C@@H](CCC(N)=O)C(=O)NCC(=O)NCC(=O)N[C@@H](CCCCNC(=O)CCCC[C@@H]1SC[C@@H]2NC(=O)N[C@@H]21)C(N)=O. The molecule has 0 radical (unpaired) electrons. The molecule has 2 aliphatic rings. The minimum Gasteiger partial charge on any atom is -0.370 e. The first-order valence-electron chi connectivity index (χ1n) is 21.2. The summed E-state index contributed by atoms with van der Waals surface area (Å²) in [4.78, 5) is 124. The van der Waals surface area contributed by atoms with Gasteiger partial charge in [-0.05, 0) is 56.8 Å². The highest BCUT2D eigenvalue weighted by Crippen LogP contribution is 2.33. The molecule has 2 rings (SSSR count). The van der Waals surface area contributed by atoms with E-state index in [0.29, 0.717) is 37.5 Å². The van der Waals surface area contributed by atoms with Gasteiger partial charge in [0, 0.05) is 42.7 Å². The van der Waals surface area contributed by atoms with Crippen LogP contribution in [-0.2, 0) is 43.2 Å². The van der Waals surface area contributed by atoms with Gasteiger partial charge in [0.2, 0.25) is 53.2 Å². The molecule has 62 heavy (non-hydrogen) atoms. The zero-order valence-corrected chi connectivity index (χ0v) is 36.9. The Morgan fingerprint density at radius 1 is 0.758 bits per heavy atom. The molecule has 0 bridgehead atoms. The van der Waals surface area contributed by atoms with Crippen LogP contribution in [0.2, 0.25) is 0 Å². The van der Waals surface area contributed by atoms with Crippen molar-refractivity contribution in [1.82, 2.24) is 48.0 Å². The summed E-state index contributed by atoms with van der Waals surface area (Å²) in [7, 11) is 0. The summed E-state index contributed by atoms with van der Waals surface area (Å²) in [5, 5.41) is 30.3. The average molecular weight is 898 g/mol. The van der Waals surface area contributed by atoms with Crippen LogP contribution in [0.5, 0.6) is 0 Å². The van der Waals surface area contributed by atoms with E-state index in [0.717, 1.165) is 25.0 Å². The number of nitrogens with two attached hydrogens (primary N) is 2. The van der Waals surface area contributed by atoms with Crippen molar-refractivity contribution in [3.05, 3.63) is 0 Å². The molecule has 0 aromatic carbocycles. The number of nitrogens with one attached hydrogen (secondary N) is 9. The monoisotopic (exact) mass is 897 g/mol. The lowest BCUT2D eigenvalue weighted by Crippen LogP contribution is -2.57. The van der Waals surface area contributed by atoms with Crippen molar-refractivity contribution < 1.29 is 53.2 Å². The lowest BCUT2D eigenvalue weighted by atomic mass is 9.91. The minimum atomic E-state index is -1.36. The van der Waals surface area contributed by atoms with Crippen molar-refractivity contribution in [3.63, 3.8) is 0 Å². The quantitative estimate of drug-likeness (QED) is 0.0162. The topological polar surface area (TPSA) is 351 Å². The molecule has 0 spiro atoms. The molecule has 14 N–H and O–H groups in total. The number of urea groups is 1. The van der Waals surface area contributed by atoms with Crippen molar-refractivity contribution >= 4 is 71.0 Å². The van der Waals surface area contributed by atoms with Gasteiger partial charge in [0.1, 0.15) is 18.1 Å². The highest BCUT2D eigenvalue weighted by molar-refractivity contribution is 8.00. The zero-order chi connectivity index (χ0) is 46.4. The maximum Gasteiger partial charge on any atom is 0.315 e. The molecule has 22 nitrogen and oxygen atoms in total. The molecular weight excluding hydrogens is 831 g/mol. The molecular formula is C39H67N11O11S. The fourth-order valence-corrected chi connectivity index (χ4v) is 8.58. The first-order chi connectivity index (χ1) is 29.3. The van der Waals surface area contributed by atoms with E-state index in [4.69, 9.17) is 16.7 Å². The molecule has 0 aromatic heterocycles. The van der Waals surface area contributed by atoms with Crippen LogP contribution >= 0.6 is 11.8 Å². The number of fused-ring (bicyclic) bond motifs is 1. The third-order valence-corrected chi connectivity index (χ3v) is 12.2. The Morgan fingerprint density at radius 3 is 2.11 bits per heavy atom. The molecule has 2 heterocycles. The third kappa shape index (κ3) is 19.7. The number of rotatable bonds is 30. The molecule has 0 aliphatic carbocycles. The number of amides is 11. The van der Waals surface area contributed by atoms with Gasteiger partial charge >= 0.3 is 6.03 Å². The van der Waals surface area contributed by atoms with Gasteiger partial charge in [-0.3, -0.25) is 48.4 Å². The molecule has 2 fully saturated rings. The number of thioether (sulfide) groups is 1. The molecule has 0 saturated carbocycles. The number of hydrogen-bond donors (Lipinski definition) is 12. The largest absolute Gasteiger partial charge is 0.370 e. The van der Waals surface area contributed by atoms with E-state index in [-0.39, 0.29) is 62.0 Å². The van der Waals surface area contributed by atoms with Crippen molar-refractivity contribution in [2.75, 3.05) is 25.4 Å². The summed E-state index contributed by atoms with van der Waals surface area (Å²) in [5.41, 5.74) is 12.3. The molecule has 2 saturated heterocycles. The van der Waals surface area contributed by atoms with E-state index in [1.165, 1.54) is 5.48 Å². The Labute approximate surface area is 366 Å². The third-order valence-electron chi connectivity index (χ3n) is 10.7. The highest BCUT2D eigenvalue weighted by Gasteiger charge is 2.42. The van der Waals surface area contributed by atoms with Crippen molar-refractivity contribution in [1.29, 1.82) is 0 Å². The Morgan fingerprint density at radius 2 is 1.47 bits per heavy atom. The van der Waals surface area contributed by atoms with Gasteiger partial charge < -0.3 is 54.0 Å². The van der Waals surface area contributed by atoms with Crippen LogP contribution in [0.4, 0.5) is 4.79 Å². The summed E-state index contributed by atoms with van der Waals surface area (Å²) in [5.74, 6) is -6.60. The van der Waals surface area contributed by atoms with E-state index in [9.17, 15) is 47.9 Å². The molecule has 1 unspecified atom stereocenters. The number of hydrogen-bond acceptors (Lipinski definition) is 12. The van der Waals surface area contributed by atoms with E-state index < -0.39 is 90.3 Å². The van der Waals surface area contributed by atoms with E-state index in [1.54, 1.807) is 13.8 Å². The smallest absolute Gasteiger partial charge is 0.315 e. The van der Waals surface area contributed by atoms with E-state index in [1.807, 2.05) is 25.6 Å². The number of carbonyl (C=O) groups excluding carboxylic acids is 10. The van der Waals surface area contributed by atoms with Crippen LogP contribution in [0, 0.1) is 17.8 Å². The van der Waals surface area contributed by atoms with Gasteiger partial charge in [-0.25, -0.2) is 10.3 Å². The fraction of sp³-hybridized carbons (Fsp3) is 0.744. The Kier molecular flexibility index (Phi) is 23.6. The first-order valence-corrected chi connectivity index (χ1v) is 22.3. The van der Waals surface area contributed by atoms with Gasteiger partial charge in [0.25, 0.3) is 0 Å². The summed E-state index contributed by atoms with van der Waals surface area (Å²) < 4.78 is 0. The maximum atomic E-state index is 13.5. The van der Waals surface area contributed by atoms with Crippen molar-refractivity contribution in [2.24, 2.45) is 29.2 Å². The normalized spacial score (nSPS) is 18.9. The maximum absolute atomic E-state index is 13.5. The van der Waals surface area contributed by atoms with Gasteiger partial charge in [0.15, 0.2) is 0 Å². The fourth-order valence-electron chi connectivity index (χ4n) is 7.04. The number of carbonyl (C=O) groups is 10. The van der Waals surface area contributed by atoms with Crippen LogP contribution in [0.1, 0.15) is 105 Å².